The van der Waals surface area contributed by atoms with Crippen molar-refractivity contribution in [2.75, 3.05) is 6.54 Å². The lowest BCUT2D eigenvalue weighted by Crippen LogP contribution is -2.45. The van der Waals surface area contributed by atoms with Crippen LogP contribution in [0, 0.1) is 5.92 Å². The van der Waals surface area contributed by atoms with Gasteiger partial charge in [-0.15, -0.1) is 0 Å². The van der Waals surface area contributed by atoms with Crippen molar-refractivity contribution in [3.8, 4) is 5.75 Å². The van der Waals surface area contributed by atoms with Crippen LogP contribution in [-0.2, 0) is 0 Å². The highest BCUT2D eigenvalue weighted by atomic mass is 16.3. The van der Waals surface area contributed by atoms with Gasteiger partial charge in [0.15, 0.2) is 0 Å². The molecule has 3 rings (SSSR count). The number of carbonyl (C=O) groups excluding carboxylic acids is 1. The first-order chi connectivity index (χ1) is 9.13. The largest absolute Gasteiger partial charge is 0.508 e. The molecule has 1 saturated carbocycles. The lowest BCUT2D eigenvalue weighted by Gasteiger charge is -2.28. The van der Waals surface area contributed by atoms with Crippen LogP contribution in [-0.4, -0.2) is 28.6 Å². The molecule has 2 aliphatic rings. The zero-order valence-corrected chi connectivity index (χ0v) is 11.2. The molecule has 1 aromatic rings. The molecule has 4 heteroatoms. The summed E-state index contributed by atoms with van der Waals surface area (Å²) >= 11 is 0. The normalized spacial score (nSPS) is 26.5. The van der Waals surface area contributed by atoms with Gasteiger partial charge in [0.1, 0.15) is 5.75 Å². The summed E-state index contributed by atoms with van der Waals surface area (Å²) in [5.41, 5.74) is 0.928. The maximum absolute atomic E-state index is 12.3. The summed E-state index contributed by atoms with van der Waals surface area (Å²) in [5.74, 6) is 0.950. The Hall–Kier alpha value is -1.71. The van der Waals surface area contributed by atoms with E-state index in [1.165, 1.54) is 12.8 Å². The van der Waals surface area contributed by atoms with E-state index in [0.29, 0.717) is 12.0 Å². The van der Waals surface area contributed by atoms with Gasteiger partial charge in [-0.25, -0.2) is 4.79 Å². The van der Waals surface area contributed by atoms with Crippen molar-refractivity contribution in [1.29, 1.82) is 0 Å². The molecule has 2 unspecified atom stereocenters. The van der Waals surface area contributed by atoms with Crippen molar-refractivity contribution < 1.29 is 9.90 Å². The minimum absolute atomic E-state index is 0.0306. The van der Waals surface area contributed by atoms with Crippen LogP contribution in [0.25, 0.3) is 0 Å². The van der Waals surface area contributed by atoms with Crippen LogP contribution >= 0.6 is 0 Å². The van der Waals surface area contributed by atoms with E-state index in [2.05, 4.69) is 5.32 Å². The molecule has 2 bridgehead atoms. The number of fused-ring (bicyclic) bond motifs is 2. The smallest absolute Gasteiger partial charge is 0.318 e. The minimum Gasteiger partial charge on any atom is -0.508 e. The van der Waals surface area contributed by atoms with Crippen molar-refractivity contribution in [2.45, 2.75) is 38.3 Å². The molecule has 0 spiro atoms. The highest BCUT2D eigenvalue weighted by molar-refractivity contribution is 5.75. The molecule has 102 valence electrons. The zero-order valence-electron chi connectivity index (χ0n) is 11.2. The summed E-state index contributed by atoms with van der Waals surface area (Å²) in [6, 6.07) is 7.44. The third-order valence-electron chi connectivity index (χ3n) is 4.38. The lowest BCUT2D eigenvalue weighted by molar-refractivity contribution is 0.178. The number of piperidine rings is 1. The van der Waals surface area contributed by atoms with E-state index in [1.54, 1.807) is 18.2 Å². The number of likely N-dealkylation sites (tertiary alicyclic amines) is 1. The number of hydrogen-bond acceptors (Lipinski definition) is 2. The summed E-state index contributed by atoms with van der Waals surface area (Å²) in [4.78, 5) is 14.2. The van der Waals surface area contributed by atoms with Gasteiger partial charge in [-0.1, -0.05) is 12.1 Å². The number of phenols is 1. The van der Waals surface area contributed by atoms with Crippen LogP contribution in [0.15, 0.2) is 24.3 Å². The third-order valence-corrected chi connectivity index (χ3v) is 4.38. The molecule has 2 fully saturated rings. The Labute approximate surface area is 113 Å². The number of nitrogens with zero attached hydrogens (tertiary/aromatic N) is 1. The fourth-order valence-corrected chi connectivity index (χ4v) is 3.32. The van der Waals surface area contributed by atoms with Gasteiger partial charge in [0.25, 0.3) is 0 Å². The van der Waals surface area contributed by atoms with Crippen LogP contribution in [0.1, 0.15) is 37.8 Å². The Bertz CT molecular complexity index is 489. The highest BCUT2D eigenvalue weighted by Gasteiger charge is 2.40. The van der Waals surface area contributed by atoms with E-state index < -0.39 is 0 Å². The van der Waals surface area contributed by atoms with Crippen molar-refractivity contribution in [3.63, 3.8) is 0 Å². The third kappa shape index (κ3) is 2.39. The topological polar surface area (TPSA) is 52.6 Å². The van der Waals surface area contributed by atoms with Crippen LogP contribution < -0.4 is 5.32 Å². The van der Waals surface area contributed by atoms with Gasteiger partial charge >= 0.3 is 6.03 Å². The summed E-state index contributed by atoms with van der Waals surface area (Å²) in [5, 5.41) is 12.5. The molecule has 0 aromatic heterocycles. The molecule has 0 radical (unpaired) electrons. The van der Waals surface area contributed by atoms with Gasteiger partial charge in [-0.3, -0.25) is 0 Å². The SMILES string of the molecule is C[C@H](NC(=O)N1CC2CCC1C2)c1cccc(O)c1. The van der Waals surface area contributed by atoms with Crippen LogP contribution in [0.3, 0.4) is 0 Å². The van der Waals surface area contributed by atoms with Gasteiger partial charge in [-0.05, 0) is 49.8 Å². The molecule has 2 N–H and O–H groups in total. The first-order valence-corrected chi connectivity index (χ1v) is 6.99. The molecule has 3 atom stereocenters. The van der Waals surface area contributed by atoms with E-state index in [4.69, 9.17) is 0 Å². The Balaban J connectivity index is 1.63. The number of urea groups is 1. The van der Waals surface area contributed by atoms with E-state index >= 15 is 0 Å². The lowest BCUT2D eigenvalue weighted by atomic mass is 10.1. The molecule has 1 aliphatic carbocycles. The Morgan fingerprint density at radius 1 is 1.47 bits per heavy atom. The maximum atomic E-state index is 12.3. The van der Waals surface area contributed by atoms with Crippen LogP contribution in [0.5, 0.6) is 5.75 Å². The van der Waals surface area contributed by atoms with Crippen molar-refractivity contribution in [2.24, 2.45) is 5.92 Å². The fraction of sp³-hybridized carbons (Fsp3) is 0.533. The van der Waals surface area contributed by atoms with Crippen molar-refractivity contribution in [3.05, 3.63) is 29.8 Å². The summed E-state index contributed by atoms with van der Waals surface area (Å²) in [6.07, 6.45) is 3.60. The second-order valence-corrected chi connectivity index (χ2v) is 5.75. The summed E-state index contributed by atoms with van der Waals surface area (Å²) in [7, 11) is 0. The number of rotatable bonds is 2. The van der Waals surface area contributed by atoms with E-state index in [1.807, 2.05) is 17.9 Å². The number of benzene rings is 1. The predicted molar refractivity (Wildman–Crippen MR) is 72.9 cm³/mol. The average Bonchev–Trinajstić information content (AvgIpc) is 3.00. The molecular weight excluding hydrogens is 240 g/mol. The number of phenolic OH excluding ortho intramolecular Hbond substituents is 1. The number of carbonyl (C=O) groups is 1. The molecule has 1 aromatic carbocycles. The average molecular weight is 260 g/mol. The van der Waals surface area contributed by atoms with Crippen LogP contribution in [0.4, 0.5) is 4.79 Å². The molecule has 2 amide bonds. The monoisotopic (exact) mass is 260 g/mol. The first-order valence-electron chi connectivity index (χ1n) is 6.99. The van der Waals surface area contributed by atoms with Gasteiger partial charge in [0.2, 0.25) is 0 Å². The minimum atomic E-state index is -0.0845. The number of aromatic hydroxyl groups is 1. The van der Waals surface area contributed by atoms with Crippen molar-refractivity contribution in [1.82, 2.24) is 10.2 Å². The number of nitrogens with one attached hydrogen (secondary N) is 1. The molecule has 1 heterocycles. The summed E-state index contributed by atoms with van der Waals surface area (Å²) in [6.45, 7) is 2.85. The molecule has 1 aliphatic heterocycles. The summed E-state index contributed by atoms with van der Waals surface area (Å²) < 4.78 is 0. The molecule has 1 saturated heterocycles. The molecular formula is C15H20N2O2. The zero-order chi connectivity index (χ0) is 13.4. The van der Waals surface area contributed by atoms with Gasteiger partial charge in [-0.2, -0.15) is 0 Å². The van der Waals surface area contributed by atoms with Gasteiger partial charge in [0.05, 0.1) is 6.04 Å². The van der Waals surface area contributed by atoms with Crippen LogP contribution in [0.2, 0.25) is 0 Å². The van der Waals surface area contributed by atoms with Crippen molar-refractivity contribution >= 4 is 6.03 Å². The number of amides is 2. The standard InChI is InChI=1S/C15H20N2O2/c1-10(12-3-2-4-14(18)8-12)16-15(19)17-9-11-5-6-13(17)7-11/h2-4,8,10-11,13,18H,5-7,9H2,1H3,(H,16,19)/t10-,11?,13?/m0/s1. The van der Waals surface area contributed by atoms with E-state index in [0.717, 1.165) is 18.5 Å². The quantitative estimate of drug-likeness (QED) is 0.859. The van der Waals surface area contributed by atoms with E-state index in [-0.39, 0.29) is 17.8 Å². The Morgan fingerprint density at radius 2 is 2.32 bits per heavy atom. The number of hydrogen-bond donors (Lipinski definition) is 2. The second-order valence-electron chi connectivity index (χ2n) is 5.75. The Kier molecular flexibility index (Phi) is 3.09. The molecule has 19 heavy (non-hydrogen) atoms. The van der Waals surface area contributed by atoms with E-state index in [9.17, 15) is 9.90 Å². The highest BCUT2D eigenvalue weighted by Crippen LogP contribution is 2.37. The first kappa shape index (κ1) is 12.3. The molecule has 4 nitrogen and oxygen atoms in total. The predicted octanol–water partition coefficient (Wildman–Crippen LogP) is 2.65. The van der Waals surface area contributed by atoms with Gasteiger partial charge < -0.3 is 15.3 Å². The van der Waals surface area contributed by atoms with Gasteiger partial charge in [0, 0.05) is 12.6 Å². The Morgan fingerprint density at radius 3 is 2.95 bits per heavy atom. The fourth-order valence-electron chi connectivity index (χ4n) is 3.32. The second kappa shape index (κ2) is 4.76. The maximum Gasteiger partial charge on any atom is 0.318 e.